The van der Waals surface area contributed by atoms with Crippen LogP contribution in [0.3, 0.4) is 0 Å². The number of ether oxygens (including phenoxy) is 1. The number of carbonyl (C=O) groups is 2. The largest absolute Gasteiger partial charge is 0.465 e. The van der Waals surface area contributed by atoms with E-state index in [1.165, 1.54) is 43.7 Å². The SMILES string of the molecule is COC(=O)C1=C(C)N(c2ccc(F)cc2)C(=Cc2ccco2)C1=O. The van der Waals surface area contributed by atoms with Gasteiger partial charge in [-0.1, -0.05) is 0 Å². The van der Waals surface area contributed by atoms with Crippen LogP contribution in [0.5, 0.6) is 0 Å². The Morgan fingerprint density at radius 2 is 1.96 bits per heavy atom. The number of benzene rings is 1. The third kappa shape index (κ3) is 2.62. The van der Waals surface area contributed by atoms with Crippen molar-refractivity contribution >= 4 is 23.5 Å². The number of ketones is 1. The van der Waals surface area contributed by atoms with Gasteiger partial charge < -0.3 is 14.1 Å². The molecular formula is C18H14FNO4. The highest BCUT2D eigenvalue weighted by molar-refractivity contribution is 6.30. The second-order valence-corrected chi connectivity index (χ2v) is 5.14. The summed E-state index contributed by atoms with van der Waals surface area (Å²) in [6.45, 7) is 1.64. The van der Waals surface area contributed by atoms with Crippen LogP contribution in [-0.4, -0.2) is 18.9 Å². The van der Waals surface area contributed by atoms with Crippen LogP contribution in [0.1, 0.15) is 12.7 Å². The summed E-state index contributed by atoms with van der Waals surface area (Å²) in [6.07, 6.45) is 3.01. The molecule has 1 aliphatic rings. The van der Waals surface area contributed by atoms with Crippen molar-refractivity contribution in [1.29, 1.82) is 0 Å². The van der Waals surface area contributed by atoms with Crippen molar-refractivity contribution in [1.82, 2.24) is 0 Å². The molecule has 0 aliphatic carbocycles. The predicted octanol–water partition coefficient (Wildman–Crippen LogP) is 3.30. The van der Waals surface area contributed by atoms with Gasteiger partial charge in [-0.15, -0.1) is 0 Å². The lowest BCUT2D eigenvalue weighted by molar-refractivity contribution is -0.137. The lowest BCUT2D eigenvalue weighted by Gasteiger charge is -2.21. The molecule has 0 N–H and O–H groups in total. The predicted molar refractivity (Wildman–Crippen MR) is 85.3 cm³/mol. The number of hydrogen-bond acceptors (Lipinski definition) is 5. The van der Waals surface area contributed by atoms with Crippen LogP contribution in [0.4, 0.5) is 10.1 Å². The van der Waals surface area contributed by atoms with E-state index in [2.05, 4.69) is 0 Å². The summed E-state index contributed by atoms with van der Waals surface area (Å²) in [4.78, 5) is 26.3. The highest BCUT2D eigenvalue weighted by Crippen LogP contribution is 2.35. The van der Waals surface area contributed by atoms with E-state index >= 15 is 0 Å². The summed E-state index contributed by atoms with van der Waals surface area (Å²) in [5.74, 6) is -1.12. The minimum atomic E-state index is -0.715. The second-order valence-electron chi connectivity index (χ2n) is 5.14. The molecule has 1 aromatic carbocycles. The number of hydrogen-bond donors (Lipinski definition) is 0. The summed E-state index contributed by atoms with van der Waals surface area (Å²) >= 11 is 0. The van der Waals surface area contributed by atoms with Crippen LogP contribution in [0.15, 0.2) is 64.0 Å². The van der Waals surface area contributed by atoms with Gasteiger partial charge in [0.1, 0.15) is 17.2 Å². The van der Waals surface area contributed by atoms with Gasteiger partial charge in [0, 0.05) is 17.5 Å². The zero-order valence-corrected chi connectivity index (χ0v) is 13.1. The number of esters is 1. The van der Waals surface area contributed by atoms with E-state index in [9.17, 15) is 14.0 Å². The maximum atomic E-state index is 13.2. The molecule has 0 amide bonds. The van der Waals surface area contributed by atoms with E-state index in [4.69, 9.17) is 9.15 Å². The van der Waals surface area contributed by atoms with Crippen molar-refractivity contribution < 1.29 is 23.1 Å². The van der Waals surface area contributed by atoms with Gasteiger partial charge in [0.15, 0.2) is 0 Å². The molecular weight excluding hydrogens is 313 g/mol. The molecule has 1 aromatic heterocycles. The van der Waals surface area contributed by atoms with Gasteiger partial charge in [0.25, 0.3) is 0 Å². The van der Waals surface area contributed by atoms with E-state index in [1.807, 2.05) is 0 Å². The fourth-order valence-corrected chi connectivity index (χ4v) is 2.59. The fourth-order valence-electron chi connectivity index (χ4n) is 2.59. The van der Waals surface area contributed by atoms with Gasteiger partial charge in [-0.2, -0.15) is 0 Å². The minimum absolute atomic E-state index is 0.0559. The molecule has 0 bridgehead atoms. The number of Topliss-reactive ketones (excluding diaryl/α,β-unsaturated/α-hetero) is 1. The standard InChI is InChI=1S/C18H14FNO4/c1-11-16(18(22)23-2)17(21)15(10-14-4-3-9-24-14)20(11)13-7-5-12(19)6-8-13/h3-10H,1-2H3. The minimum Gasteiger partial charge on any atom is -0.465 e. The van der Waals surface area contributed by atoms with Crippen molar-refractivity contribution in [2.24, 2.45) is 0 Å². The first-order chi connectivity index (χ1) is 11.5. The molecule has 1 aliphatic heterocycles. The van der Waals surface area contributed by atoms with Gasteiger partial charge in [0.2, 0.25) is 5.78 Å². The highest BCUT2D eigenvalue weighted by Gasteiger charge is 2.38. The van der Waals surface area contributed by atoms with Crippen LogP contribution < -0.4 is 4.90 Å². The molecule has 24 heavy (non-hydrogen) atoms. The van der Waals surface area contributed by atoms with Gasteiger partial charge in [-0.3, -0.25) is 4.79 Å². The third-order valence-electron chi connectivity index (χ3n) is 3.69. The van der Waals surface area contributed by atoms with Crippen LogP contribution in [0.25, 0.3) is 6.08 Å². The monoisotopic (exact) mass is 327 g/mol. The van der Waals surface area contributed by atoms with E-state index in [0.29, 0.717) is 17.1 Å². The summed E-state index contributed by atoms with van der Waals surface area (Å²) in [7, 11) is 1.21. The number of nitrogens with zero attached hydrogens (tertiary/aromatic N) is 1. The Morgan fingerprint density at radius 1 is 1.25 bits per heavy atom. The Hall–Kier alpha value is -3.15. The average molecular weight is 327 g/mol. The van der Waals surface area contributed by atoms with Crippen molar-refractivity contribution in [2.45, 2.75) is 6.92 Å². The number of furan rings is 1. The topological polar surface area (TPSA) is 59.8 Å². The molecule has 0 fully saturated rings. The number of carbonyl (C=O) groups excluding carboxylic acids is 2. The Bertz CT molecular complexity index is 848. The normalized spacial score (nSPS) is 16.2. The molecule has 5 nitrogen and oxygen atoms in total. The lowest BCUT2D eigenvalue weighted by Crippen LogP contribution is -2.18. The number of rotatable bonds is 3. The lowest BCUT2D eigenvalue weighted by atomic mass is 10.1. The van der Waals surface area contributed by atoms with E-state index in [1.54, 1.807) is 24.0 Å². The van der Waals surface area contributed by atoms with Crippen molar-refractivity contribution in [3.05, 3.63) is 71.2 Å². The summed E-state index contributed by atoms with van der Waals surface area (Å²) in [6, 6.07) is 9.01. The molecule has 3 rings (SSSR count). The molecule has 6 heteroatoms. The highest BCUT2D eigenvalue weighted by atomic mass is 19.1. The van der Waals surface area contributed by atoms with Crippen LogP contribution in [0, 0.1) is 5.82 Å². The van der Waals surface area contributed by atoms with Crippen molar-refractivity contribution in [3.8, 4) is 0 Å². The van der Waals surface area contributed by atoms with E-state index in [-0.39, 0.29) is 11.3 Å². The first-order valence-electron chi connectivity index (χ1n) is 7.17. The number of allylic oxidation sites excluding steroid dienone is 2. The fraction of sp³-hybridized carbons (Fsp3) is 0.111. The molecule has 0 spiro atoms. The molecule has 0 radical (unpaired) electrons. The van der Waals surface area contributed by atoms with Crippen LogP contribution in [0.2, 0.25) is 0 Å². The summed E-state index contributed by atoms with van der Waals surface area (Å²) in [5.41, 5.74) is 1.14. The quantitative estimate of drug-likeness (QED) is 0.492. The number of anilines is 1. The maximum absolute atomic E-state index is 13.2. The molecule has 122 valence electrons. The third-order valence-corrected chi connectivity index (χ3v) is 3.69. The molecule has 0 atom stereocenters. The zero-order chi connectivity index (χ0) is 17.3. The number of methoxy groups -OCH3 is 1. The first-order valence-corrected chi connectivity index (χ1v) is 7.17. The van der Waals surface area contributed by atoms with Crippen LogP contribution in [-0.2, 0) is 14.3 Å². The Kier molecular flexibility index (Phi) is 4.04. The van der Waals surface area contributed by atoms with Gasteiger partial charge >= 0.3 is 5.97 Å². The smallest absolute Gasteiger partial charge is 0.343 e. The van der Waals surface area contributed by atoms with Crippen molar-refractivity contribution in [3.63, 3.8) is 0 Å². The van der Waals surface area contributed by atoms with Gasteiger partial charge in [-0.25, -0.2) is 9.18 Å². The van der Waals surface area contributed by atoms with Crippen LogP contribution >= 0.6 is 0 Å². The summed E-state index contributed by atoms with van der Waals surface area (Å²) < 4.78 is 23.2. The first kappa shape index (κ1) is 15.7. The van der Waals surface area contributed by atoms with Gasteiger partial charge in [-0.05, 0) is 43.3 Å². The summed E-state index contributed by atoms with van der Waals surface area (Å²) in [5, 5.41) is 0. The Morgan fingerprint density at radius 3 is 2.54 bits per heavy atom. The van der Waals surface area contributed by atoms with Gasteiger partial charge in [0.05, 0.1) is 19.1 Å². The molecule has 0 saturated carbocycles. The molecule has 2 aromatic rings. The number of halogens is 1. The molecule has 0 saturated heterocycles. The van der Waals surface area contributed by atoms with E-state index < -0.39 is 17.6 Å². The Labute approximate surface area is 137 Å². The van der Waals surface area contributed by atoms with Crippen molar-refractivity contribution in [2.75, 3.05) is 12.0 Å². The zero-order valence-electron chi connectivity index (χ0n) is 13.1. The second kappa shape index (κ2) is 6.16. The molecule has 0 unspecified atom stereocenters. The maximum Gasteiger partial charge on any atom is 0.343 e. The molecule has 2 heterocycles. The average Bonchev–Trinajstić information content (AvgIpc) is 3.16. The van der Waals surface area contributed by atoms with E-state index in [0.717, 1.165) is 0 Å². The Balaban J connectivity index is 2.15.